The average molecular weight is 576 g/mol. The molecule has 1 unspecified atom stereocenters. The lowest BCUT2D eigenvalue weighted by molar-refractivity contribution is -0.419. The number of amides is 5. The lowest BCUT2D eigenvalue weighted by Gasteiger charge is -2.22. The zero-order valence-corrected chi connectivity index (χ0v) is 22.7. The van der Waals surface area contributed by atoms with E-state index in [2.05, 4.69) is 10.4 Å². The van der Waals surface area contributed by atoms with Crippen LogP contribution < -0.4 is 19.9 Å². The molecule has 3 heterocycles. The van der Waals surface area contributed by atoms with Gasteiger partial charge in [0.1, 0.15) is 17.0 Å². The van der Waals surface area contributed by atoms with E-state index in [4.69, 9.17) is 4.74 Å². The standard InChI is InChI=1S/C29H24F2N6O5/c1-4-35-16-22(28(40)37(29(35)41)20-8-5-18(30)6-9-20)27(39)33-19-7-10-25(23(31)13-19)42-26-14-21(34(3)17(2)38)15-36-24(26)11-12-32-36/h5-16,22H,4H2,1-3H3/p+1. The number of nitrogens with one attached hydrogen (secondary N) is 1. The molecule has 0 fully saturated rings. The van der Waals surface area contributed by atoms with Crippen LogP contribution in [0.15, 0.2) is 67.0 Å². The molecule has 214 valence electrons. The number of nitrogens with zero attached hydrogens (tertiary/aromatic N) is 5. The highest BCUT2D eigenvalue weighted by Gasteiger charge is 2.47. The van der Waals surface area contributed by atoms with Gasteiger partial charge in [0, 0.05) is 31.8 Å². The Labute approximate surface area is 238 Å². The van der Waals surface area contributed by atoms with Crippen molar-refractivity contribution in [3.8, 4) is 11.5 Å². The third kappa shape index (κ3) is 5.31. The average Bonchev–Trinajstić information content (AvgIpc) is 3.44. The molecule has 1 aliphatic heterocycles. The predicted molar refractivity (Wildman–Crippen MR) is 149 cm³/mol. The summed E-state index contributed by atoms with van der Waals surface area (Å²) >= 11 is 0. The molecule has 5 rings (SSSR count). The molecule has 11 nitrogen and oxygen atoms in total. The quantitative estimate of drug-likeness (QED) is 0.261. The number of fused-ring (bicyclic) bond motifs is 1. The van der Waals surface area contributed by atoms with Gasteiger partial charge in [0.05, 0.1) is 30.8 Å². The fourth-order valence-corrected chi connectivity index (χ4v) is 4.35. The first-order valence-electron chi connectivity index (χ1n) is 12.8. The fourth-order valence-electron chi connectivity index (χ4n) is 4.35. The second-order valence-electron chi connectivity index (χ2n) is 9.38. The predicted octanol–water partition coefficient (Wildman–Crippen LogP) is 4.21. The van der Waals surface area contributed by atoms with Crippen molar-refractivity contribution >= 4 is 52.5 Å². The SMILES string of the molecule is CC[N+]1=CC(C(=O)Nc2ccc(Oc3cc(N(C)C(C)=O)cn4nccc34)c(F)c2)C(=O)N(c2ccc(F)cc2)C1=O. The van der Waals surface area contributed by atoms with Crippen LogP contribution in [-0.4, -0.2) is 57.7 Å². The van der Waals surface area contributed by atoms with Crippen molar-refractivity contribution in [3.05, 3.63) is 78.6 Å². The first-order chi connectivity index (χ1) is 20.1. The Bertz CT molecular complexity index is 1770. The topological polar surface area (TPSA) is 116 Å². The van der Waals surface area contributed by atoms with E-state index in [1.807, 2.05) is 0 Å². The Morgan fingerprint density at radius 1 is 1.07 bits per heavy atom. The summed E-state index contributed by atoms with van der Waals surface area (Å²) in [6.07, 6.45) is 4.37. The van der Waals surface area contributed by atoms with Gasteiger partial charge in [0.25, 0.3) is 0 Å². The number of urea groups is 1. The van der Waals surface area contributed by atoms with Crippen LogP contribution >= 0.6 is 0 Å². The van der Waals surface area contributed by atoms with Crippen molar-refractivity contribution in [2.75, 3.05) is 28.7 Å². The molecule has 0 aliphatic carbocycles. The molecule has 1 aliphatic rings. The van der Waals surface area contributed by atoms with Crippen LogP contribution in [0.25, 0.3) is 5.52 Å². The molecule has 42 heavy (non-hydrogen) atoms. The number of carbonyl (C=O) groups is 4. The highest BCUT2D eigenvalue weighted by Crippen LogP contribution is 2.33. The van der Waals surface area contributed by atoms with Gasteiger partial charge in [-0.2, -0.15) is 9.89 Å². The number of pyridine rings is 1. The van der Waals surface area contributed by atoms with Gasteiger partial charge in [0.2, 0.25) is 11.8 Å². The summed E-state index contributed by atoms with van der Waals surface area (Å²) < 4.78 is 37.1. The largest absolute Gasteiger partial charge is 0.505 e. The number of ether oxygens (including phenoxy) is 1. The van der Waals surface area contributed by atoms with Crippen molar-refractivity contribution in [2.45, 2.75) is 13.8 Å². The normalized spacial score (nSPS) is 15.0. The summed E-state index contributed by atoms with van der Waals surface area (Å²) in [4.78, 5) is 53.3. The second-order valence-corrected chi connectivity index (χ2v) is 9.38. The summed E-state index contributed by atoms with van der Waals surface area (Å²) in [5.74, 6) is -4.56. The molecule has 13 heteroatoms. The van der Waals surface area contributed by atoms with E-state index < -0.39 is 35.4 Å². The minimum atomic E-state index is -1.41. The Kier molecular flexibility index (Phi) is 7.49. The molecular formula is C29H25F2N6O5+. The van der Waals surface area contributed by atoms with Gasteiger partial charge in [-0.05, 0) is 49.4 Å². The molecule has 5 amide bonds. The summed E-state index contributed by atoms with van der Waals surface area (Å²) in [6, 6.07) is 11.0. The first kappa shape index (κ1) is 28.1. The second kappa shape index (κ2) is 11.2. The molecule has 0 radical (unpaired) electrons. The van der Waals surface area contributed by atoms with E-state index in [1.165, 1.54) is 57.6 Å². The summed E-state index contributed by atoms with van der Waals surface area (Å²) in [6.45, 7) is 3.24. The van der Waals surface area contributed by atoms with Gasteiger partial charge < -0.3 is 15.0 Å². The Morgan fingerprint density at radius 3 is 2.48 bits per heavy atom. The van der Waals surface area contributed by atoms with Crippen molar-refractivity contribution in [1.82, 2.24) is 9.61 Å². The maximum absolute atomic E-state index is 15.2. The number of imide groups is 1. The molecule has 0 saturated carbocycles. The van der Waals surface area contributed by atoms with Gasteiger partial charge in [-0.1, -0.05) is 0 Å². The Balaban J connectivity index is 1.38. The van der Waals surface area contributed by atoms with E-state index in [0.717, 1.165) is 23.1 Å². The van der Waals surface area contributed by atoms with Crippen molar-refractivity contribution in [1.29, 1.82) is 0 Å². The molecular weight excluding hydrogens is 550 g/mol. The van der Waals surface area contributed by atoms with Crippen LogP contribution in [0.4, 0.5) is 30.6 Å². The molecule has 2 aromatic heterocycles. The van der Waals surface area contributed by atoms with Crippen LogP contribution in [0.5, 0.6) is 11.5 Å². The van der Waals surface area contributed by atoms with Crippen LogP contribution in [0.2, 0.25) is 0 Å². The molecule has 0 bridgehead atoms. The van der Waals surface area contributed by atoms with Gasteiger partial charge in [-0.3, -0.25) is 9.59 Å². The molecule has 2 aromatic carbocycles. The summed E-state index contributed by atoms with van der Waals surface area (Å²) in [5.41, 5.74) is 1.15. The third-order valence-electron chi connectivity index (χ3n) is 6.70. The van der Waals surface area contributed by atoms with Crippen molar-refractivity contribution in [3.63, 3.8) is 0 Å². The van der Waals surface area contributed by atoms with Crippen LogP contribution in [-0.2, 0) is 14.4 Å². The van der Waals surface area contributed by atoms with E-state index in [1.54, 1.807) is 32.3 Å². The smallest absolute Gasteiger partial charge is 0.452 e. The van der Waals surface area contributed by atoms with E-state index in [0.29, 0.717) is 11.2 Å². The van der Waals surface area contributed by atoms with E-state index in [9.17, 15) is 23.6 Å². The minimum absolute atomic E-state index is 0.0406. The van der Waals surface area contributed by atoms with E-state index in [-0.39, 0.29) is 35.3 Å². The molecule has 1 N–H and O–H groups in total. The number of anilines is 3. The van der Waals surface area contributed by atoms with Crippen LogP contribution in [0.1, 0.15) is 13.8 Å². The lowest BCUT2D eigenvalue weighted by Crippen LogP contribution is -2.54. The molecule has 0 spiro atoms. The number of hydrogen-bond donors (Lipinski definition) is 1. The third-order valence-corrected chi connectivity index (χ3v) is 6.70. The maximum atomic E-state index is 15.2. The molecule has 1 atom stereocenters. The minimum Gasteiger partial charge on any atom is -0.452 e. The molecule has 4 aromatic rings. The van der Waals surface area contributed by atoms with Crippen LogP contribution in [0.3, 0.4) is 0 Å². The zero-order chi connectivity index (χ0) is 30.1. The zero-order valence-electron chi connectivity index (χ0n) is 22.7. The number of carbonyl (C=O) groups excluding carboxylic acids is 4. The molecule has 0 saturated heterocycles. The number of aromatic nitrogens is 2. The summed E-state index contributed by atoms with van der Waals surface area (Å²) in [5, 5.41) is 6.68. The maximum Gasteiger partial charge on any atom is 0.505 e. The monoisotopic (exact) mass is 575 g/mol. The number of benzene rings is 2. The number of rotatable bonds is 7. The van der Waals surface area contributed by atoms with Gasteiger partial charge in [-0.15, -0.1) is 4.90 Å². The van der Waals surface area contributed by atoms with E-state index >= 15 is 4.39 Å². The summed E-state index contributed by atoms with van der Waals surface area (Å²) in [7, 11) is 1.58. The first-order valence-corrected chi connectivity index (χ1v) is 12.8. The van der Waals surface area contributed by atoms with Crippen molar-refractivity contribution < 1.29 is 37.3 Å². The Morgan fingerprint density at radius 2 is 1.81 bits per heavy atom. The van der Waals surface area contributed by atoms with Gasteiger partial charge >= 0.3 is 11.9 Å². The van der Waals surface area contributed by atoms with Crippen LogP contribution in [0, 0.1) is 17.6 Å². The highest BCUT2D eigenvalue weighted by atomic mass is 19.1. The number of hydrogen-bond acceptors (Lipinski definition) is 6. The fraction of sp³-hybridized carbons (Fsp3) is 0.172. The Hall–Kier alpha value is -5.46. The highest BCUT2D eigenvalue weighted by molar-refractivity contribution is 6.28. The van der Waals surface area contributed by atoms with Gasteiger partial charge in [-0.25, -0.2) is 22.7 Å². The van der Waals surface area contributed by atoms with Gasteiger partial charge in [0.15, 0.2) is 23.2 Å². The lowest BCUT2D eigenvalue weighted by atomic mass is 10.1. The number of halogens is 2. The van der Waals surface area contributed by atoms with Crippen molar-refractivity contribution in [2.24, 2.45) is 5.92 Å².